The van der Waals surface area contributed by atoms with Crippen molar-refractivity contribution in [3.8, 4) is 5.75 Å². The number of ketones is 3. The second-order valence-electron chi connectivity index (χ2n) is 7.19. The van der Waals surface area contributed by atoms with Crippen molar-refractivity contribution in [2.24, 2.45) is 5.92 Å². The zero-order chi connectivity index (χ0) is 21.0. The van der Waals surface area contributed by atoms with E-state index < -0.39 is 41.4 Å². The fourth-order valence-corrected chi connectivity index (χ4v) is 4.13. The third-order valence-electron chi connectivity index (χ3n) is 5.52. The molecule has 0 heterocycles. The summed E-state index contributed by atoms with van der Waals surface area (Å²) in [4.78, 5) is 51.0. The van der Waals surface area contributed by atoms with E-state index in [0.717, 1.165) is 0 Å². The highest BCUT2D eigenvalue weighted by atomic mass is 16.5. The van der Waals surface area contributed by atoms with Crippen molar-refractivity contribution in [2.75, 3.05) is 7.11 Å². The maximum atomic E-state index is 13.3. The number of hydrogen-bond donors (Lipinski definition) is 1. The van der Waals surface area contributed by atoms with Crippen LogP contribution in [-0.2, 0) is 9.53 Å². The third kappa shape index (κ3) is 2.61. The summed E-state index contributed by atoms with van der Waals surface area (Å²) < 4.78 is 10.6. The smallest absolute Gasteiger partial charge is 0.303 e. The molecule has 4 rings (SSSR count). The number of fused-ring (bicyclic) bond motifs is 4. The van der Waals surface area contributed by atoms with E-state index in [0.29, 0.717) is 5.56 Å². The molecule has 2 aliphatic rings. The van der Waals surface area contributed by atoms with E-state index in [9.17, 15) is 24.3 Å². The molecule has 2 aliphatic carbocycles. The minimum Gasteiger partial charge on any atom is -0.496 e. The van der Waals surface area contributed by atoms with Crippen molar-refractivity contribution in [2.45, 2.75) is 26.1 Å². The van der Waals surface area contributed by atoms with E-state index in [-0.39, 0.29) is 33.6 Å². The lowest BCUT2D eigenvalue weighted by atomic mass is 9.72. The minimum absolute atomic E-state index is 0.0578. The van der Waals surface area contributed by atoms with Gasteiger partial charge in [0.05, 0.1) is 12.7 Å². The van der Waals surface area contributed by atoms with Gasteiger partial charge in [-0.3, -0.25) is 19.2 Å². The zero-order valence-electron chi connectivity index (χ0n) is 16.0. The fraction of sp³-hybridized carbons (Fsp3) is 0.273. The first-order valence-corrected chi connectivity index (χ1v) is 9.10. The normalized spacial score (nSPS) is 22.5. The number of carbonyl (C=O) groups excluding carboxylic acids is 4. The van der Waals surface area contributed by atoms with E-state index in [4.69, 9.17) is 9.47 Å². The monoisotopic (exact) mass is 394 g/mol. The number of ether oxygens (including phenoxy) is 2. The predicted octanol–water partition coefficient (Wildman–Crippen LogP) is 2.27. The number of rotatable bonds is 2. The molecule has 7 heteroatoms. The summed E-state index contributed by atoms with van der Waals surface area (Å²) >= 11 is 0. The second-order valence-corrected chi connectivity index (χ2v) is 7.19. The van der Waals surface area contributed by atoms with Crippen molar-refractivity contribution < 1.29 is 33.8 Å². The van der Waals surface area contributed by atoms with E-state index >= 15 is 0 Å². The van der Waals surface area contributed by atoms with Crippen molar-refractivity contribution in [1.82, 2.24) is 0 Å². The van der Waals surface area contributed by atoms with E-state index in [1.807, 2.05) is 0 Å². The molecule has 2 aromatic carbocycles. The first-order valence-electron chi connectivity index (χ1n) is 9.10. The van der Waals surface area contributed by atoms with Crippen LogP contribution < -0.4 is 4.74 Å². The number of Topliss-reactive ketones (excluding diaryl/α,β-unsaturated/α-hetero) is 1. The van der Waals surface area contributed by atoms with Gasteiger partial charge in [0.2, 0.25) is 0 Å². The largest absolute Gasteiger partial charge is 0.496 e. The van der Waals surface area contributed by atoms with Gasteiger partial charge >= 0.3 is 5.97 Å². The van der Waals surface area contributed by atoms with Crippen LogP contribution in [0.15, 0.2) is 30.3 Å². The Morgan fingerprint density at radius 3 is 2.28 bits per heavy atom. The fourth-order valence-electron chi connectivity index (χ4n) is 4.13. The Balaban J connectivity index is 2.00. The van der Waals surface area contributed by atoms with Crippen LogP contribution in [-0.4, -0.2) is 41.6 Å². The van der Waals surface area contributed by atoms with Crippen molar-refractivity contribution in [3.05, 3.63) is 63.7 Å². The standard InChI is InChI=1S/C22H18O7/c1-9-18(24)21(27)17-13(22(9)29-10(2)23)8-7-12-16(17)20(26)11-5-4-6-14(28-3)15(11)19(12)25/h4-9,18,22,24H,1-3H3/t9-,18+,22-/m1/s1. The van der Waals surface area contributed by atoms with Crippen LogP contribution in [0.2, 0.25) is 0 Å². The van der Waals surface area contributed by atoms with Gasteiger partial charge in [0, 0.05) is 40.7 Å². The highest BCUT2D eigenvalue weighted by Crippen LogP contribution is 2.43. The van der Waals surface area contributed by atoms with Gasteiger partial charge in [-0.15, -0.1) is 0 Å². The molecule has 0 radical (unpaired) electrons. The van der Waals surface area contributed by atoms with Gasteiger partial charge in [0.25, 0.3) is 0 Å². The van der Waals surface area contributed by atoms with Crippen LogP contribution in [0.4, 0.5) is 0 Å². The van der Waals surface area contributed by atoms with E-state index in [1.165, 1.54) is 32.2 Å². The topological polar surface area (TPSA) is 107 Å². The molecule has 0 fully saturated rings. The highest BCUT2D eigenvalue weighted by molar-refractivity contribution is 6.32. The van der Waals surface area contributed by atoms with Gasteiger partial charge in [0.1, 0.15) is 18.0 Å². The molecule has 0 unspecified atom stereocenters. The molecule has 148 valence electrons. The average Bonchev–Trinajstić information content (AvgIpc) is 2.71. The Hall–Kier alpha value is -3.32. The van der Waals surface area contributed by atoms with Crippen LogP contribution in [0, 0.1) is 5.92 Å². The summed E-state index contributed by atoms with van der Waals surface area (Å²) in [5.74, 6) is -2.63. The molecule has 0 aromatic heterocycles. The molecule has 0 amide bonds. The van der Waals surface area contributed by atoms with Gasteiger partial charge in [-0.1, -0.05) is 25.1 Å². The number of carbonyl (C=O) groups is 4. The predicted molar refractivity (Wildman–Crippen MR) is 100 cm³/mol. The third-order valence-corrected chi connectivity index (χ3v) is 5.52. The first-order chi connectivity index (χ1) is 13.8. The van der Waals surface area contributed by atoms with Gasteiger partial charge in [0.15, 0.2) is 17.3 Å². The molecule has 29 heavy (non-hydrogen) atoms. The Labute approximate surface area is 166 Å². The average molecular weight is 394 g/mol. The lowest BCUT2D eigenvalue weighted by Gasteiger charge is -2.35. The lowest BCUT2D eigenvalue weighted by Crippen LogP contribution is -2.41. The Bertz CT molecular complexity index is 1100. The molecule has 1 N–H and O–H groups in total. The van der Waals surface area contributed by atoms with Crippen LogP contribution in [0.25, 0.3) is 0 Å². The SMILES string of the molecule is COc1cccc2c1C(=O)c1ccc3c(c1C2=O)C(=O)[C@@H](O)[C@@H](C)[C@H]3OC(C)=O. The van der Waals surface area contributed by atoms with Crippen LogP contribution in [0.5, 0.6) is 5.75 Å². The van der Waals surface area contributed by atoms with E-state index in [2.05, 4.69) is 0 Å². The van der Waals surface area contributed by atoms with Crippen LogP contribution >= 0.6 is 0 Å². The molecule has 3 atom stereocenters. The molecule has 0 saturated heterocycles. The number of aliphatic hydroxyl groups is 1. The molecular formula is C22H18O7. The second kappa shape index (κ2) is 6.63. The lowest BCUT2D eigenvalue weighted by molar-refractivity contribution is -0.151. The minimum atomic E-state index is -1.46. The summed E-state index contributed by atoms with van der Waals surface area (Å²) in [6, 6.07) is 7.63. The molecule has 0 spiro atoms. The van der Waals surface area contributed by atoms with Gasteiger partial charge in [-0.25, -0.2) is 0 Å². The van der Waals surface area contributed by atoms with Gasteiger partial charge in [-0.2, -0.15) is 0 Å². The van der Waals surface area contributed by atoms with Crippen LogP contribution in [0.1, 0.15) is 67.7 Å². The van der Waals surface area contributed by atoms with Crippen molar-refractivity contribution in [3.63, 3.8) is 0 Å². The quantitative estimate of drug-likeness (QED) is 0.665. The summed E-state index contributed by atoms with van der Waals surface area (Å²) in [6.07, 6.45) is -2.37. The summed E-state index contributed by atoms with van der Waals surface area (Å²) in [7, 11) is 1.40. The number of benzene rings is 2. The zero-order valence-corrected chi connectivity index (χ0v) is 16.0. The number of methoxy groups -OCH3 is 1. The molecule has 0 bridgehead atoms. The molecule has 2 aromatic rings. The van der Waals surface area contributed by atoms with Gasteiger partial charge in [-0.05, 0) is 12.1 Å². The highest BCUT2D eigenvalue weighted by Gasteiger charge is 2.45. The van der Waals surface area contributed by atoms with E-state index in [1.54, 1.807) is 19.1 Å². The number of hydrogen-bond acceptors (Lipinski definition) is 7. The van der Waals surface area contributed by atoms with Gasteiger partial charge < -0.3 is 14.6 Å². The molecule has 7 nitrogen and oxygen atoms in total. The number of esters is 1. The molecular weight excluding hydrogens is 376 g/mol. The molecule has 0 saturated carbocycles. The van der Waals surface area contributed by atoms with Crippen molar-refractivity contribution >= 4 is 23.3 Å². The maximum absolute atomic E-state index is 13.3. The first kappa shape index (κ1) is 19.0. The Kier molecular flexibility index (Phi) is 4.35. The summed E-state index contributed by atoms with van der Waals surface area (Å²) in [5.41, 5.74) is 0.505. The number of aliphatic hydroxyl groups excluding tert-OH is 1. The van der Waals surface area contributed by atoms with Crippen molar-refractivity contribution in [1.29, 1.82) is 0 Å². The summed E-state index contributed by atoms with van der Waals surface area (Å²) in [5, 5.41) is 10.5. The Morgan fingerprint density at radius 1 is 0.966 bits per heavy atom. The van der Waals surface area contributed by atoms with Crippen LogP contribution in [0.3, 0.4) is 0 Å². The maximum Gasteiger partial charge on any atom is 0.303 e. The Morgan fingerprint density at radius 2 is 1.62 bits per heavy atom. The molecule has 0 aliphatic heterocycles. The summed E-state index contributed by atoms with van der Waals surface area (Å²) in [6.45, 7) is 2.82.